The second kappa shape index (κ2) is 4.50. The van der Waals surface area contributed by atoms with Crippen LogP contribution in [-0.2, 0) is 6.42 Å². The van der Waals surface area contributed by atoms with Gasteiger partial charge in [-0.25, -0.2) is 0 Å². The number of piperidine rings is 2. The second-order valence-corrected chi connectivity index (χ2v) is 5.48. The molecule has 0 radical (unpaired) electrons. The first-order chi connectivity index (χ1) is 8.35. The largest absolute Gasteiger partial charge is 0.302 e. The van der Waals surface area contributed by atoms with E-state index in [2.05, 4.69) is 17.0 Å². The van der Waals surface area contributed by atoms with Gasteiger partial charge in [0, 0.05) is 19.6 Å². The lowest BCUT2D eigenvalue weighted by Crippen LogP contribution is -2.49. The molecule has 0 spiro atoms. The van der Waals surface area contributed by atoms with E-state index in [4.69, 9.17) is 5.26 Å². The topological polar surface area (TPSA) is 27.0 Å². The number of nitrogens with zero attached hydrogens (tertiary/aromatic N) is 2. The molecule has 2 bridgehead atoms. The number of fused-ring (bicyclic) bond motifs is 2. The summed E-state index contributed by atoms with van der Waals surface area (Å²) in [6.45, 7) is 3.68. The lowest BCUT2D eigenvalue weighted by molar-refractivity contribution is 0.0284. The van der Waals surface area contributed by atoms with E-state index in [9.17, 15) is 0 Å². The molecule has 17 heavy (non-hydrogen) atoms. The van der Waals surface area contributed by atoms with Gasteiger partial charge in [-0.15, -0.1) is 0 Å². The SMILES string of the molecule is N#Cc1ccccc1CCN1CC2CC(C2)C1. The first kappa shape index (κ1) is 10.8. The fourth-order valence-corrected chi connectivity index (χ4v) is 3.29. The predicted octanol–water partition coefficient (Wildman–Crippen LogP) is 2.44. The minimum absolute atomic E-state index is 0.842. The number of benzene rings is 1. The number of nitriles is 1. The Bertz CT molecular complexity index is 430. The third kappa shape index (κ3) is 2.21. The van der Waals surface area contributed by atoms with Crippen LogP contribution in [0.25, 0.3) is 0 Å². The molecule has 2 saturated heterocycles. The fraction of sp³-hybridized carbons (Fsp3) is 0.533. The van der Waals surface area contributed by atoms with Gasteiger partial charge in [0.2, 0.25) is 0 Å². The Labute approximate surface area is 103 Å². The third-order valence-electron chi connectivity index (χ3n) is 4.20. The van der Waals surface area contributed by atoms with Crippen LogP contribution in [0.5, 0.6) is 0 Å². The van der Waals surface area contributed by atoms with Crippen LogP contribution in [0.3, 0.4) is 0 Å². The van der Waals surface area contributed by atoms with Crippen molar-refractivity contribution in [1.29, 1.82) is 5.26 Å². The van der Waals surface area contributed by atoms with E-state index in [1.807, 2.05) is 18.2 Å². The number of hydrogen-bond donors (Lipinski definition) is 0. The quantitative estimate of drug-likeness (QED) is 0.791. The van der Waals surface area contributed by atoms with Gasteiger partial charge in [0.05, 0.1) is 11.6 Å². The van der Waals surface area contributed by atoms with Crippen molar-refractivity contribution < 1.29 is 0 Å². The highest BCUT2D eigenvalue weighted by atomic mass is 15.1. The van der Waals surface area contributed by atoms with Gasteiger partial charge in [-0.05, 0) is 42.7 Å². The van der Waals surface area contributed by atoms with Gasteiger partial charge in [-0.2, -0.15) is 5.26 Å². The molecule has 1 saturated carbocycles. The van der Waals surface area contributed by atoms with E-state index >= 15 is 0 Å². The molecular weight excluding hydrogens is 208 g/mol. The average Bonchev–Trinajstić information content (AvgIpc) is 2.36. The van der Waals surface area contributed by atoms with Gasteiger partial charge in [0.15, 0.2) is 0 Å². The van der Waals surface area contributed by atoms with Gasteiger partial charge in [0.25, 0.3) is 0 Å². The van der Waals surface area contributed by atoms with Crippen LogP contribution in [0.2, 0.25) is 0 Å². The third-order valence-corrected chi connectivity index (χ3v) is 4.20. The Kier molecular flexibility index (Phi) is 2.86. The van der Waals surface area contributed by atoms with Crippen LogP contribution in [0.4, 0.5) is 0 Å². The molecule has 88 valence electrons. The molecule has 2 heterocycles. The van der Waals surface area contributed by atoms with Crippen molar-refractivity contribution in [2.75, 3.05) is 19.6 Å². The zero-order valence-corrected chi connectivity index (χ0v) is 10.1. The molecule has 0 N–H and O–H groups in total. The zero-order chi connectivity index (χ0) is 11.7. The lowest BCUT2D eigenvalue weighted by atomic mass is 9.71. The normalized spacial score (nSPS) is 27.2. The summed E-state index contributed by atoms with van der Waals surface area (Å²) < 4.78 is 0. The fourth-order valence-electron chi connectivity index (χ4n) is 3.29. The molecule has 3 aliphatic rings. The van der Waals surface area contributed by atoms with E-state index in [-0.39, 0.29) is 0 Å². The summed E-state index contributed by atoms with van der Waals surface area (Å²) in [5.41, 5.74) is 2.05. The summed E-state index contributed by atoms with van der Waals surface area (Å²) in [5.74, 6) is 1.94. The standard InChI is InChI=1S/C15H18N2/c16-9-15-4-2-1-3-14(15)5-6-17-10-12-7-13(8-12)11-17/h1-4,12-13H,5-8,10-11H2. The highest BCUT2D eigenvalue weighted by Crippen LogP contribution is 2.39. The van der Waals surface area contributed by atoms with Crippen molar-refractivity contribution in [2.45, 2.75) is 19.3 Å². The van der Waals surface area contributed by atoms with Crippen LogP contribution >= 0.6 is 0 Å². The zero-order valence-electron chi connectivity index (χ0n) is 10.1. The highest BCUT2D eigenvalue weighted by molar-refractivity contribution is 5.37. The summed E-state index contributed by atoms with van der Waals surface area (Å²) in [6, 6.07) is 10.3. The van der Waals surface area contributed by atoms with Crippen LogP contribution in [0.1, 0.15) is 24.0 Å². The summed E-state index contributed by atoms with van der Waals surface area (Å²) in [6.07, 6.45) is 3.94. The van der Waals surface area contributed by atoms with Gasteiger partial charge in [-0.3, -0.25) is 0 Å². The first-order valence-electron chi connectivity index (χ1n) is 6.55. The molecule has 2 aliphatic heterocycles. The monoisotopic (exact) mass is 226 g/mol. The Morgan fingerprint density at radius 2 is 1.88 bits per heavy atom. The molecule has 2 nitrogen and oxygen atoms in total. The minimum atomic E-state index is 0.842. The Morgan fingerprint density at radius 3 is 2.59 bits per heavy atom. The predicted molar refractivity (Wildman–Crippen MR) is 67.5 cm³/mol. The molecule has 2 heteroatoms. The van der Waals surface area contributed by atoms with Crippen LogP contribution in [0.15, 0.2) is 24.3 Å². The van der Waals surface area contributed by atoms with Crippen molar-refractivity contribution in [1.82, 2.24) is 4.90 Å². The molecule has 3 fully saturated rings. The molecule has 0 amide bonds. The maximum absolute atomic E-state index is 9.04. The summed E-state index contributed by atoms with van der Waals surface area (Å²) in [7, 11) is 0. The van der Waals surface area contributed by atoms with Crippen molar-refractivity contribution in [2.24, 2.45) is 11.8 Å². The van der Waals surface area contributed by atoms with E-state index in [1.165, 1.54) is 31.5 Å². The molecule has 0 atom stereocenters. The maximum atomic E-state index is 9.04. The molecule has 1 aliphatic carbocycles. The van der Waals surface area contributed by atoms with Crippen LogP contribution < -0.4 is 0 Å². The second-order valence-electron chi connectivity index (χ2n) is 5.48. The highest BCUT2D eigenvalue weighted by Gasteiger charge is 2.36. The number of rotatable bonds is 3. The van der Waals surface area contributed by atoms with Crippen molar-refractivity contribution in [3.63, 3.8) is 0 Å². The van der Waals surface area contributed by atoms with Crippen LogP contribution in [-0.4, -0.2) is 24.5 Å². The van der Waals surface area contributed by atoms with E-state index in [0.717, 1.165) is 30.4 Å². The van der Waals surface area contributed by atoms with Gasteiger partial charge in [0.1, 0.15) is 0 Å². The Balaban J connectivity index is 1.59. The Morgan fingerprint density at radius 1 is 1.18 bits per heavy atom. The van der Waals surface area contributed by atoms with E-state index < -0.39 is 0 Å². The lowest BCUT2D eigenvalue weighted by Gasteiger charge is -2.47. The molecule has 1 aromatic carbocycles. The van der Waals surface area contributed by atoms with Gasteiger partial charge >= 0.3 is 0 Å². The molecular formula is C15H18N2. The van der Waals surface area contributed by atoms with Crippen molar-refractivity contribution >= 4 is 0 Å². The van der Waals surface area contributed by atoms with Crippen LogP contribution in [0, 0.1) is 23.2 Å². The van der Waals surface area contributed by atoms with Crippen molar-refractivity contribution in [3.05, 3.63) is 35.4 Å². The molecule has 0 unspecified atom stereocenters. The summed E-state index contributed by atoms with van der Waals surface area (Å²) in [5, 5.41) is 9.04. The molecule has 0 aromatic heterocycles. The molecule has 1 aromatic rings. The van der Waals surface area contributed by atoms with E-state index in [1.54, 1.807) is 0 Å². The summed E-state index contributed by atoms with van der Waals surface area (Å²) in [4.78, 5) is 2.58. The van der Waals surface area contributed by atoms with Gasteiger partial charge in [-0.1, -0.05) is 18.2 Å². The van der Waals surface area contributed by atoms with E-state index in [0.29, 0.717) is 0 Å². The smallest absolute Gasteiger partial charge is 0.0994 e. The maximum Gasteiger partial charge on any atom is 0.0994 e. The van der Waals surface area contributed by atoms with Crippen molar-refractivity contribution in [3.8, 4) is 6.07 Å². The minimum Gasteiger partial charge on any atom is -0.302 e. The number of hydrogen-bond acceptors (Lipinski definition) is 2. The average molecular weight is 226 g/mol. The summed E-state index contributed by atoms with van der Waals surface area (Å²) >= 11 is 0. The van der Waals surface area contributed by atoms with Gasteiger partial charge < -0.3 is 4.90 Å². The Hall–Kier alpha value is -1.33. The molecule has 4 rings (SSSR count). The first-order valence-corrected chi connectivity index (χ1v) is 6.55.